The highest BCUT2D eigenvalue weighted by atomic mass is 16.2. The van der Waals surface area contributed by atoms with Crippen LogP contribution in [0.5, 0.6) is 0 Å². The highest BCUT2D eigenvalue weighted by Gasteiger charge is 2.72. The summed E-state index contributed by atoms with van der Waals surface area (Å²) in [5, 5.41) is 27.4. The van der Waals surface area contributed by atoms with Gasteiger partial charge in [0.1, 0.15) is 0 Å². The summed E-state index contributed by atoms with van der Waals surface area (Å²) in [5.74, 6) is -2.28. The van der Waals surface area contributed by atoms with Crippen molar-refractivity contribution in [3.05, 3.63) is 0 Å². The van der Waals surface area contributed by atoms with Gasteiger partial charge in [0.25, 0.3) is 5.91 Å². The van der Waals surface area contributed by atoms with Crippen molar-refractivity contribution in [3.63, 3.8) is 0 Å². The molecule has 5 aliphatic rings. The minimum atomic E-state index is -1.66. The van der Waals surface area contributed by atoms with Gasteiger partial charge in [0, 0.05) is 36.9 Å². The molecule has 8 atom stereocenters. The van der Waals surface area contributed by atoms with Gasteiger partial charge in [-0.15, -0.1) is 0 Å². The third-order valence-corrected chi connectivity index (χ3v) is 13.3. The second-order valence-corrected chi connectivity index (χ2v) is 16.8. The highest BCUT2D eigenvalue weighted by Crippen LogP contribution is 2.48. The molecule has 2 aliphatic heterocycles. The number of nitrogens with one attached hydrogen (secondary N) is 6. The normalized spacial score (nSPS) is 32.7. The van der Waals surface area contributed by atoms with Gasteiger partial charge < -0.3 is 41.7 Å². The zero-order chi connectivity index (χ0) is 40.5. The number of carbonyl (C=O) groups excluding carboxylic acids is 6. The molecule has 0 aromatic heterocycles. The number of carbonyl (C=O) groups is 6. The minimum Gasteiger partial charge on any atom is -0.356 e. The molecule has 6 N–H and O–H groups in total. The first kappa shape index (κ1) is 43.5. The molecule has 5 fully saturated rings. The summed E-state index contributed by atoms with van der Waals surface area (Å²) in [4.78, 5) is 83.9. The summed E-state index contributed by atoms with van der Waals surface area (Å²) in [6.45, 7) is 16.6. The van der Waals surface area contributed by atoms with Gasteiger partial charge in [-0.2, -0.15) is 10.2 Å². The standard InChI is InChI=1S/C40H68N10O6/c1-6-49(7-2)19-11-17-41-34(52)28-21-29(35(53)42-18-12-20-50(8-3)9-4)24-31(23-28)43-36(54)27-13-10-14-30(22-27)47-48-40(26(5)51)37(55)46-39(40)16-15-32-33(25-39)45-38(56)44-32/h27-33H,6-25H2,1-5H3,(H,41,52)(H,42,53)(H,43,54)(H,46,55)(H2,44,45,56). The Balaban J connectivity index is 1.20. The van der Waals surface area contributed by atoms with E-state index in [0.717, 1.165) is 58.5 Å². The van der Waals surface area contributed by atoms with Crippen LogP contribution >= 0.6 is 0 Å². The van der Waals surface area contributed by atoms with Gasteiger partial charge >= 0.3 is 6.03 Å². The SMILES string of the molecule is CCN(CC)CCCNC(=O)C1CC(NC(=O)C2CCCC(N=NC3(C(C)=O)C(=O)NC34CCC3NC(=O)NC3C4)C2)CC(C(=O)NCCCN(CC)CC)C1. The zero-order valence-electron chi connectivity index (χ0n) is 34.4. The molecule has 2 heterocycles. The van der Waals surface area contributed by atoms with Crippen LogP contribution in [0.4, 0.5) is 4.79 Å². The van der Waals surface area contributed by atoms with E-state index in [1.165, 1.54) is 6.92 Å². The molecule has 6 amide bonds. The molecule has 0 aromatic carbocycles. The summed E-state index contributed by atoms with van der Waals surface area (Å²) in [5.41, 5.74) is -2.58. The Kier molecular flexibility index (Phi) is 15.3. The van der Waals surface area contributed by atoms with Crippen molar-refractivity contribution < 1.29 is 28.8 Å². The highest BCUT2D eigenvalue weighted by molar-refractivity contribution is 6.17. The number of nitrogens with zero attached hydrogens (tertiary/aromatic N) is 4. The number of azo groups is 1. The number of urea groups is 1. The molecule has 0 radical (unpaired) electrons. The number of rotatable bonds is 19. The monoisotopic (exact) mass is 785 g/mol. The lowest BCUT2D eigenvalue weighted by Gasteiger charge is -2.57. The Morgan fingerprint density at radius 2 is 1.34 bits per heavy atom. The van der Waals surface area contributed by atoms with Crippen molar-refractivity contribution in [2.45, 2.75) is 147 Å². The molecule has 3 saturated carbocycles. The van der Waals surface area contributed by atoms with Crippen molar-refractivity contribution in [1.29, 1.82) is 0 Å². The zero-order valence-corrected chi connectivity index (χ0v) is 34.4. The average molecular weight is 785 g/mol. The van der Waals surface area contributed by atoms with Gasteiger partial charge in [-0.3, -0.25) is 24.0 Å². The van der Waals surface area contributed by atoms with E-state index in [1.807, 2.05) is 0 Å². The summed E-state index contributed by atoms with van der Waals surface area (Å²) in [7, 11) is 0. The van der Waals surface area contributed by atoms with Crippen LogP contribution in [0.1, 0.15) is 112 Å². The quantitative estimate of drug-likeness (QED) is 0.0494. The topological polar surface area (TPSA) is 206 Å². The average Bonchev–Trinajstić information content (AvgIpc) is 3.56. The Morgan fingerprint density at radius 1 is 0.750 bits per heavy atom. The molecule has 56 heavy (non-hydrogen) atoms. The largest absolute Gasteiger partial charge is 0.356 e. The first-order valence-electron chi connectivity index (χ1n) is 21.5. The van der Waals surface area contributed by atoms with E-state index in [-0.39, 0.29) is 59.6 Å². The lowest BCUT2D eigenvalue weighted by atomic mass is 9.58. The smallest absolute Gasteiger partial charge is 0.315 e. The Morgan fingerprint density at radius 3 is 1.89 bits per heavy atom. The van der Waals surface area contributed by atoms with Crippen LogP contribution in [0, 0.1) is 17.8 Å². The molecule has 2 saturated heterocycles. The van der Waals surface area contributed by atoms with Crippen molar-refractivity contribution >= 4 is 35.4 Å². The number of Topliss-reactive ketones (excluding diaryl/α,β-unsaturated/α-hetero) is 1. The molecule has 1 spiro atoms. The van der Waals surface area contributed by atoms with Crippen LogP contribution in [-0.4, -0.2) is 133 Å². The first-order valence-corrected chi connectivity index (χ1v) is 21.5. The molecule has 5 rings (SSSR count). The third kappa shape index (κ3) is 9.89. The molecule has 0 aromatic rings. The molecular weight excluding hydrogens is 717 g/mol. The maximum absolute atomic E-state index is 13.9. The lowest BCUT2D eigenvalue weighted by molar-refractivity contribution is -0.155. The second-order valence-electron chi connectivity index (χ2n) is 16.8. The third-order valence-electron chi connectivity index (χ3n) is 13.3. The van der Waals surface area contributed by atoms with Gasteiger partial charge in [0.2, 0.25) is 23.3 Å². The summed E-state index contributed by atoms with van der Waals surface area (Å²) < 4.78 is 0. The Hall–Kier alpha value is -3.66. The molecule has 3 aliphatic carbocycles. The van der Waals surface area contributed by atoms with Gasteiger partial charge in [-0.1, -0.05) is 34.1 Å². The van der Waals surface area contributed by atoms with E-state index in [2.05, 4.69) is 79.6 Å². The van der Waals surface area contributed by atoms with Crippen LogP contribution < -0.4 is 31.9 Å². The fraction of sp³-hybridized carbons (Fsp3) is 0.850. The van der Waals surface area contributed by atoms with E-state index < -0.39 is 28.8 Å². The number of ketones is 1. The van der Waals surface area contributed by atoms with Crippen molar-refractivity contribution in [3.8, 4) is 0 Å². The van der Waals surface area contributed by atoms with Gasteiger partial charge in [-0.25, -0.2) is 4.79 Å². The van der Waals surface area contributed by atoms with Gasteiger partial charge in [0.05, 0.1) is 23.7 Å². The van der Waals surface area contributed by atoms with Crippen LogP contribution in [0.25, 0.3) is 0 Å². The van der Waals surface area contributed by atoms with Crippen LogP contribution in [0.2, 0.25) is 0 Å². The second kappa shape index (κ2) is 19.7. The van der Waals surface area contributed by atoms with Gasteiger partial charge in [-0.05, 0) is 117 Å². The predicted octanol–water partition coefficient (Wildman–Crippen LogP) is 2.03. The number of hydrogen-bond donors (Lipinski definition) is 6. The summed E-state index contributed by atoms with van der Waals surface area (Å²) in [6, 6.07) is -1.22. The fourth-order valence-electron chi connectivity index (χ4n) is 9.89. The Bertz CT molecular complexity index is 1400. The van der Waals surface area contributed by atoms with Gasteiger partial charge in [0.15, 0.2) is 5.78 Å². The molecule has 0 bridgehead atoms. The van der Waals surface area contributed by atoms with Crippen molar-refractivity contribution in [2.24, 2.45) is 28.0 Å². The molecule has 16 heteroatoms. The summed E-state index contributed by atoms with van der Waals surface area (Å²) in [6.07, 6.45) is 7.00. The van der Waals surface area contributed by atoms with Crippen LogP contribution in [0.3, 0.4) is 0 Å². The fourth-order valence-corrected chi connectivity index (χ4v) is 9.89. The van der Waals surface area contributed by atoms with Crippen LogP contribution in [-0.2, 0) is 24.0 Å². The molecule has 8 unspecified atom stereocenters. The van der Waals surface area contributed by atoms with E-state index in [4.69, 9.17) is 0 Å². The van der Waals surface area contributed by atoms with Crippen molar-refractivity contribution in [2.75, 3.05) is 52.4 Å². The molecule has 314 valence electrons. The number of amides is 6. The number of fused-ring (bicyclic) bond motifs is 1. The Labute approximate surface area is 332 Å². The maximum atomic E-state index is 13.9. The molecule has 16 nitrogen and oxygen atoms in total. The van der Waals surface area contributed by atoms with Crippen LogP contribution in [0.15, 0.2) is 10.2 Å². The van der Waals surface area contributed by atoms with E-state index in [9.17, 15) is 28.8 Å². The maximum Gasteiger partial charge on any atom is 0.315 e. The van der Waals surface area contributed by atoms with E-state index >= 15 is 0 Å². The number of β-lactam (4-membered cyclic amide) rings is 1. The molecular formula is C40H68N10O6. The lowest BCUT2D eigenvalue weighted by Crippen LogP contribution is -2.85. The minimum absolute atomic E-state index is 0.0616. The number of hydrogen-bond acceptors (Lipinski definition) is 10. The van der Waals surface area contributed by atoms with Crippen molar-refractivity contribution in [1.82, 2.24) is 41.7 Å². The first-order chi connectivity index (χ1) is 26.9. The summed E-state index contributed by atoms with van der Waals surface area (Å²) >= 11 is 0. The van der Waals surface area contributed by atoms with E-state index in [0.29, 0.717) is 70.9 Å². The van der Waals surface area contributed by atoms with E-state index in [1.54, 1.807) is 0 Å². The predicted molar refractivity (Wildman–Crippen MR) is 212 cm³/mol.